The second kappa shape index (κ2) is 7.92. The first-order valence-corrected chi connectivity index (χ1v) is 8.43. The van der Waals surface area contributed by atoms with Crippen molar-refractivity contribution >= 4 is 28.4 Å². The van der Waals surface area contributed by atoms with E-state index in [1.807, 2.05) is 6.92 Å². The molecule has 2 rings (SSSR count). The molecule has 6 nitrogen and oxygen atoms in total. The van der Waals surface area contributed by atoms with Crippen LogP contribution in [0.4, 0.5) is 0 Å². The van der Waals surface area contributed by atoms with E-state index in [9.17, 15) is 13.2 Å². The van der Waals surface area contributed by atoms with Crippen LogP contribution in [0.2, 0.25) is 0 Å². The Labute approximate surface area is 137 Å². The SMILES string of the molecule is COC(=O)c1ccccc1CS(=O)(=O)N1CCNCC1C.Cl. The molecule has 1 N–H and O–H groups in total. The number of nitrogens with one attached hydrogen (secondary N) is 1. The van der Waals surface area contributed by atoms with Gasteiger partial charge in [-0.2, -0.15) is 4.31 Å². The zero-order valence-electron chi connectivity index (χ0n) is 12.6. The van der Waals surface area contributed by atoms with Crippen LogP contribution in [0.5, 0.6) is 0 Å². The molecule has 1 aromatic rings. The van der Waals surface area contributed by atoms with E-state index in [1.165, 1.54) is 11.4 Å². The van der Waals surface area contributed by atoms with Crippen molar-refractivity contribution in [1.29, 1.82) is 0 Å². The Hall–Kier alpha value is -1.15. The number of carbonyl (C=O) groups is 1. The summed E-state index contributed by atoms with van der Waals surface area (Å²) in [6.45, 7) is 3.60. The molecule has 0 amide bonds. The zero-order chi connectivity index (χ0) is 15.5. The molecule has 1 unspecified atom stereocenters. The Kier molecular flexibility index (Phi) is 6.80. The molecule has 1 heterocycles. The molecule has 0 radical (unpaired) electrons. The third kappa shape index (κ3) is 4.19. The van der Waals surface area contributed by atoms with Crippen LogP contribution in [-0.4, -0.2) is 51.5 Å². The third-order valence-corrected chi connectivity index (χ3v) is 5.49. The van der Waals surface area contributed by atoms with Gasteiger partial charge in [0.1, 0.15) is 0 Å². The summed E-state index contributed by atoms with van der Waals surface area (Å²) in [5.41, 5.74) is 0.765. The van der Waals surface area contributed by atoms with E-state index in [4.69, 9.17) is 4.74 Å². The van der Waals surface area contributed by atoms with E-state index in [1.54, 1.807) is 24.3 Å². The summed E-state index contributed by atoms with van der Waals surface area (Å²) >= 11 is 0. The summed E-state index contributed by atoms with van der Waals surface area (Å²) < 4.78 is 31.3. The van der Waals surface area contributed by atoms with Gasteiger partial charge in [0, 0.05) is 25.7 Å². The number of hydrogen-bond acceptors (Lipinski definition) is 5. The largest absolute Gasteiger partial charge is 0.465 e. The van der Waals surface area contributed by atoms with Gasteiger partial charge in [0.25, 0.3) is 0 Å². The Morgan fingerprint density at radius 3 is 2.73 bits per heavy atom. The van der Waals surface area contributed by atoms with Crippen molar-refractivity contribution in [2.75, 3.05) is 26.7 Å². The fraction of sp³-hybridized carbons (Fsp3) is 0.500. The van der Waals surface area contributed by atoms with Crippen LogP contribution < -0.4 is 5.32 Å². The smallest absolute Gasteiger partial charge is 0.338 e. The lowest BCUT2D eigenvalue weighted by Crippen LogP contribution is -2.52. The number of esters is 1. The Morgan fingerprint density at radius 2 is 2.09 bits per heavy atom. The van der Waals surface area contributed by atoms with E-state index < -0.39 is 16.0 Å². The van der Waals surface area contributed by atoms with E-state index >= 15 is 0 Å². The number of ether oxygens (including phenoxy) is 1. The van der Waals surface area contributed by atoms with Crippen molar-refractivity contribution in [2.45, 2.75) is 18.7 Å². The Balaban J connectivity index is 0.00000242. The highest BCUT2D eigenvalue weighted by atomic mass is 35.5. The number of hydrogen-bond donors (Lipinski definition) is 1. The van der Waals surface area contributed by atoms with Gasteiger partial charge in [-0.1, -0.05) is 18.2 Å². The molecular formula is C14H21ClN2O4S. The molecule has 8 heteroatoms. The number of rotatable bonds is 4. The second-order valence-electron chi connectivity index (χ2n) is 5.07. The quantitative estimate of drug-likeness (QED) is 0.822. The molecular weight excluding hydrogens is 328 g/mol. The van der Waals surface area contributed by atoms with Crippen LogP contribution in [0.3, 0.4) is 0 Å². The second-order valence-corrected chi connectivity index (χ2v) is 6.99. The van der Waals surface area contributed by atoms with Crippen LogP contribution in [0, 0.1) is 0 Å². The average molecular weight is 349 g/mol. The average Bonchev–Trinajstić information content (AvgIpc) is 2.47. The molecule has 0 saturated carbocycles. The summed E-state index contributed by atoms with van der Waals surface area (Å²) in [5.74, 6) is -0.711. The molecule has 1 atom stereocenters. The number of carbonyl (C=O) groups excluding carboxylic acids is 1. The molecule has 1 aromatic carbocycles. The third-order valence-electron chi connectivity index (χ3n) is 3.56. The summed E-state index contributed by atoms with van der Waals surface area (Å²) in [4.78, 5) is 11.7. The minimum atomic E-state index is -3.46. The molecule has 1 saturated heterocycles. The lowest BCUT2D eigenvalue weighted by atomic mass is 10.1. The van der Waals surface area contributed by atoms with Gasteiger partial charge >= 0.3 is 5.97 Å². The Morgan fingerprint density at radius 1 is 1.41 bits per heavy atom. The van der Waals surface area contributed by atoms with Crippen molar-refractivity contribution in [1.82, 2.24) is 9.62 Å². The van der Waals surface area contributed by atoms with E-state index in [0.29, 0.717) is 30.8 Å². The van der Waals surface area contributed by atoms with Crippen molar-refractivity contribution in [2.24, 2.45) is 0 Å². The van der Waals surface area contributed by atoms with E-state index in [-0.39, 0.29) is 24.2 Å². The molecule has 0 aliphatic carbocycles. The minimum Gasteiger partial charge on any atom is -0.465 e. The van der Waals surface area contributed by atoms with E-state index in [2.05, 4.69) is 5.32 Å². The summed E-state index contributed by atoms with van der Waals surface area (Å²) in [6.07, 6.45) is 0. The van der Waals surface area contributed by atoms with Gasteiger partial charge in [-0.05, 0) is 18.6 Å². The first-order chi connectivity index (χ1) is 9.95. The zero-order valence-corrected chi connectivity index (χ0v) is 14.2. The highest BCUT2D eigenvalue weighted by Crippen LogP contribution is 2.18. The van der Waals surface area contributed by atoms with Gasteiger partial charge in [0.15, 0.2) is 0 Å². The first-order valence-electron chi connectivity index (χ1n) is 6.82. The predicted molar refractivity (Wildman–Crippen MR) is 86.7 cm³/mol. The normalized spacial score (nSPS) is 19.3. The fourth-order valence-corrected chi connectivity index (χ4v) is 4.27. The van der Waals surface area contributed by atoms with Crippen molar-refractivity contribution < 1.29 is 17.9 Å². The van der Waals surface area contributed by atoms with Gasteiger partial charge in [0.05, 0.1) is 18.4 Å². The number of halogens is 1. The van der Waals surface area contributed by atoms with Crippen LogP contribution in [0.1, 0.15) is 22.8 Å². The standard InChI is InChI=1S/C14H20N2O4S.ClH/c1-11-9-15-7-8-16(11)21(18,19)10-12-5-3-4-6-13(12)14(17)20-2;/h3-6,11,15H,7-10H2,1-2H3;1H. The predicted octanol–water partition coefficient (Wildman–Crippen LogP) is 1.02. The maximum Gasteiger partial charge on any atom is 0.338 e. The maximum absolute atomic E-state index is 12.6. The molecule has 0 aromatic heterocycles. The molecule has 22 heavy (non-hydrogen) atoms. The highest BCUT2D eigenvalue weighted by molar-refractivity contribution is 7.88. The van der Waals surface area contributed by atoms with Gasteiger partial charge < -0.3 is 10.1 Å². The van der Waals surface area contributed by atoms with Crippen molar-refractivity contribution in [3.63, 3.8) is 0 Å². The number of piperazine rings is 1. The van der Waals surface area contributed by atoms with Crippen molar-refractivity contribution in [3.05, 3.63) is 35.4 Å². The first kappa shape index (κ1) is 18.9. The molecule has 124 valence electrons. The van der Waals surface area contributed by atoms with Crippen LogP contribution in [0.15, 0.2) is 24.3 Å². The molecule has 1 aliphatic rings. The Bertz CT molecular complexity index is 621. The van der Waals surface area contributed by atoms with Gasteiger partial charge in [-0.25, -0.2) is 13.2 Å². The molecule has 0 bridgehead atoms. The van der Waals surface area contributed by atoms with Gasteiger partial charge in [-0.3, -0.25) is 0 Å². The highest BCUT2D eigenvalue weighted by Gasteiger charge is 2.30. The van der Waals surface area contributed by atoms with Crippen LogP contribution in [0.25, 0.3) is 0 Å². The minimum absolute atomic E-state index is 0. The van der Waals surface area contributed by atoms with Crippen LogP contribution >= 0.6 is 12.4 Å². The summed E-state index contributed by atoms with van der Waals surface area (Å²) in [7, 11) is -2.18. The van der Waals surface area contributed by atoms with Gasteiger partial charge in [-0.15, -0.1) is 12.4 Å². The topological polar surface area (TPSA) is 75.7 Å². The fourth-order valence-electron chi connectivity index (χ4n) is 2.47. The lowest BCUT2D eigenvalue weighted by molar-refractivity contribution is 0.0600. The monoisotopic (exact) mass is 348 g/mol. The number of benzene rings is 1. The maximum atomic E-state index is 12.6. The summed E-state index contributed by atoms with van der Waals surface area (Å²) in [5, 5.41) is 3.16. The van der Waals surface area contributed by atoms with Gasteiger partial charge in [0.2, 0.25) is 10.0 Å². The van der Waals surface area contributed by atoms with E-state index in [0.717, 1.165) is 0 Å². The van der Waals surface area contributed by atoms with Crippen molar-refractivity contribution in [3.8, 4) is 0 Å². The molecule has 0 spiro atoms. The summed E-state index contributed by atoms with van der Waals surface area (Å²) in [6, 6.07) is 6.55. The molecule has 1 fully saturated rings. The lowest BCUT2D eigenvalue weighted by Gasteiger charge is -2.33. The number of sulfonamides is 1. The molecule has 1 aliphatic heterocycles. The van der Waals surface area contributed by atoms with Crippen LogP contribution in [-0.2, 0) is 20.5 Å². The number of nitrogens with zero attached hydrogens (tertiary/aromatic N) is 1. The number of methoxy groups -OCH3 is 1.